The lowest BCUT2D eigenvalue weighted by molar-refractivity contribution is -0.118. The molecule has 2 heterocycles. The quantitative estimate of drug-likeness (QED) is 0.744. The predicted molar refractivity (Wildman–Crippen MR) is 71.8 cm³/mol. The van der Waals surface area contributed by atoms with E-state index in [0.717, 1.165) is 5.56 Å². The zero-order valence-corrected chi connectivity index (χ0v) is 10.5. The average molecular weight is 268 g/mol. The maximum Gasteiger partial charge on any atom is 0.269 e. The lowest BCUT2D eigenvalue weighted by atomic mass is 10.1. The number of nitrogens with zero attached hydrogens (tertiary/aromatic N) is 4. The molecule has 0 aliphatic heterocycles. The van der Waals surface area contributed by atoms with Gasteiger partial charge in [-0.2, -0.15) is 5.21 Å². The SMILES string of the molecule is O=C(Nc1nn[nH]n1)[C@H](c1ccccc1)n1cccc1. The Labute approximate surface area is 114 Å². The van der Waals surface area contributed by atoms with Crippen molar-refractivity contribution in [3.63, 3.8) is 0 Å². The van der Waals surface area contributed by atoms with Crippen LogP contribution in [0.1, 0.15) is 11.6 Å². The molecular weight excluding hydrogens is 256 g/mol. The molecule has 0 saturated carbocycles. The van der Waals surface area contributed by atoms with E-state index < -0.39 is 6.04 Å². The topological polar surface area (TPSA) is 88.5 Å². The van der Waals surface area contributed by atoms with Gasteiger partial charge in [0, 0.05) is 12.4 Å². The van der Waals surface area contributed by atoms with Gasteiger partial charge in [0.25, 0.3) is 11.9 Å². The Hall–Kier alpha value is -2.96. The number of tetrazole rings is 1. The molecule has 1 atom stereocenters. The van der Waals surface area contributed by atoms with Crippen molar-refractivity contribution in [1.82, 2.24) is 25.2 Å². The molecule has 1 aromatic carbocycles. The number of carbonyl (C=O) groups excluding carboxylic acids is 1. The van der Waals surface area contributed by atoms with Gasteiger partial charge in [0.1, 0.15) is 6.04 Å². The second-order valence-electron chi connectivity index (χ2n) is 4.17. The molecule has 0 radical (unpaired) electrons. The normalized spacial score (nSPS) is 12.0. The molecule has 20 heavy (non-hydrogen) atoms. The summed E-state index contributed by atoms with van der Waals surface area (Å²) in [5.74, 6) is -0.0723. The van der Waals surface area contributed by atoms with Crippen molar-refractivity contribution >= 4 is 11.9 Å². The Morgan fingerprint density at radius 2 is 1.90 bits per heavy atom. The third kappa shape index (κ3) is 2.41. The Morgan fingerprint density at radius 3 is 2.55 bits per heavy atom. The molecule has 1 amide bonds. The first kappa shape index (κ1) is 12.1. The van der Waals surface area contributed by atoms with E-state index in [1.807, 2.05) is 59.4 Å². The van der Waals surface area contributed by atoms with Crippen LogP contribution in [0.2, 0.25) is 0 Å². The van der Waals surface area contributed by atoms with Gasteiger partial charge >= 0.3 is 0 Å². The van der Waals surface area contributed by atoms with E-state index in [0.29, 0.717) is 0 Å². The Balaban J connectivity index is 1.92. The number of benzene rings is 1. The number of nitrogens with one attached hydrogen (secondary N) is 2. The van der Waals surface area contributed by atoms with Gasteiger partial charge in [0.05, 0.1) is 0 Å². The van der Waals surface area contributed by atoms with Crippen LogP contribution in [0.3, 0.4) is 0 Å². The maximum atomic E-state index is 12.5. The zero-order valence-electron chi connectivity index (χ0n) is 10.5. The van der Waals surface area contributed by atoms with E-state index in [2.05, 4.69) is 25.9 Å². The highest BCUT2D eigenvalue weighted by molar-refractivity contribution is 5.94. The van der Waals surface area contributed by atoms with Crippen molar-refractivity contribution in [3.05, 3.63) is 60.4 Å². The molecule has 2 N–H and O–H groups in total. The molecular formula is C13H12N6O. The summed E-state index contributed by atoms with van der Waals surface area (Å²) in [6.07, 6.45) is 3.68. The van der Waals surface area contributed by atoms with Crippen molar-refractivity contribution in [1.29, 1.82) is 0 Å². The maximum absolute atomic E-state index is 12.5. The van der Waals surface area contributed by atoms with Gasteiger partial charge in [-0.25, -0.2) is 0 Å². The number of carbonyl (C=O) groups is 1. The fourth-order valence-corrected chi connectivity index (χ4v) is 2.01. The van der Waals surface area contributed by atoms with Gasteiger partial charge in [-0.1, -0.05) is 35.4 Å². The first-order valence-electron chi connectivity index (χ1n) is 6.06. The average Bonchev–Trinajstić information content (AvgIpc) is 3.14. The molecule has 0 aliphatic rings. The van der Waals surface area contributed by atoms with Crippen LogP contribution in [0.15, 0.2) is 54.9 Å². The number of aromatic amines is 1. The van der Waals surface area contributed by atoms with E-state index in [4.69, 9.17) is 0 Å². The van der Waals surface area contributed by atoms with Crippen LogP contribution < -0.4 is 5.32 Å². The summed E-state index contributed by atoms with van der Waals surface area (Å²) in [6, 6.07) is 12.8. The van der Waals surface area contributed by atoms with E-state index in [-0.39, 0.29) is 11.9 Å². The van der Waals surface area contributed by atoms with Crippen LogP contribution in [0.25, 0.3) is 0 Å². The van der Waals surface area contributed by atoms with Crippen LogP contribution in [-0.4, -0.2) is 31.1 Å². The minimum Gasteiger partial charge on any atom is -0.338 e. The standard InChI is InChI=1S/C13H12N6O/c20-12(14-13-15-17-18-16-13)11(19-8-4-5-9-19)10-6-2-1-3-7-10/h1-9,11H,(H2,14,15,16,17,18,20)/t11-/m0/s1. The fraction of sp³-hybridized carbons (Fsp3) is 0.0769. The largest absolute Gasteiger partial charge is 0.338 e. The number of hydrogen-bond donors (Lipinski definition) is 2. The summed E-state index contributed by atoms with van der Waals surface area (Å²) in [5.41, 5.74) is 0.879. The summed E-state index contributed by atoms with van der Waals surface area (Å²) in [6.45, 7) is 0. The summed E-state index contributed by atoms with van der Waals surface area (Å²) in [7, 11) is 0. The van der Waals surface area contributed by atoms with Gasteiger partial charge in [0.2, 0.25) is 0 Å². The summed E-state index contributed by atoms with van der Waals surface area (Å²) in [5, 5.41) is 15.8. The molecule has 0 fully saturated rings. The van der Waals surface area contributed by atoms with Gasteiger partial charge in [0.15, 0.2) is 0 Å². The van der Waals surface area contributed by atoms with Crippen LogP contribution in [-0.2, 0) is 4.79 Å². The molecule has 0 spiro atoms. The highest BCUT2D eigenvalue weighted by Crippen LogP contribution is 2.19. The molecule has 7 heteroatoms. The molecule has 0 unspecified atom stereocenters. The number of aromatic nitrogens is 5. The van der Waals surface area contributed by atoms with E-state index in [1.165, 1.54) is 0 Å². The second kappa shape index (κ2) is 5.35. The number of rotatable bonds is 4. The predicted octanol–water partition coefficient (Wildman–Crippen LogP) is 1.23. The summed E-state index contributed by atoms with van der Waals surface area (Å²) >= 11 is 0. The van der Waals surface area contributed by atoms with Crippen molar-refractivity contribution in [2.75, 3.05) is 5.32 Å². The molecule has 0 aliphatic carbocycles. The molecule has 2 aromatic heterocycles. The molecule has 100 valence electrons. The zero-order chi connectivity index (χ0) is 13.8. The molecule has 3 rings (SSSR count). The summed E-state index contributed by atoms with van der Waals surface area (Å²) in [4.78, 5) is 12.5. The monoisotopic (exact) mass is 268 g/mol. The smallest absolute Gasteiger partial charge is 0.269 e. The number of anilines is 1. The molecule has 3 aromatic rings. The van der Waals surface area contributed by atoms with E-state index >= 15 is 0 Å². The Morgan fingerprint density at radius 1 is 1.15 bits per heavy atom. The van der Waals surface area contributed by atoms with Gasteiger partial charge in [-0.3, -0.25) is 10.1 Å². The van der Waals surface area contributed by atoms with Crippen molar-refractivity contribution < 1.29 is 4.79 Å². The third-order valence-corrected chi connectivity index (χ3v) is 2.87. The van der Waals surface area contributed by atoms with Crippen LogP contribution >= 0.6 is 0 Å². The van der Waals surface area contributed by atoms with Crippen LogP contribution in [0.4, 0.5) is 5.95 Å². The minimum absolute atomic E-state index is 0.156. The number of H-pyrrole nitrogens is 1. The van der Waals surface area contributed by atoms with E-state index in [9.17, 15) is 4.79 Å². The number of hydrogen-bond acceptors (Lipinski definition) is 4. The van der Waals surface area contributed by atoms with Crippen molar-refractivity contribution in [3.8, 4) is 0 Å². The second-order valence-corrected chi connectivity index (χ2v) is 4.17. The van der Waals surface area contributed by atoms with Gasteiger partial charge in [-0.15, -0.1) is 5.10 Å². The van der Waals surface area contributed by atoms with Crippen molar-refractivity contribution in [2.45, 2.75) is 6.04 Å². The van der Waals surface area contributed by atoms with Crippen LogP contribution in [0, 0.1) is 0 Å². The Bertz CT molecular complexity index is 662. The van der Waals surface area contributed by atoms with Crippen molar-refractivity contribution in [2.24, 2.45) is 0 Å². The lowest BCUT2D eigenvalue weighted by Crippen LogP contribution is -2.26. The molecule has 0 saturated heterocycles. The Kier molecular flexibility index (Phi) is 3.24. The summed E-state index contributed by atoms with van der Waals surface area (Å²) < 4.78 is 1.82. The highest BCUT2D eigenvalue weighted by Gasteiger charge is 2.22. The van der Waals surface area contributed by atoms with Crippen LogP contribution in [0.5, 0.6) is 0 Å². The van der Waals surface area contributed by atoms with E-state index in [1.54, 1.807) is 0 Å². The number of amides is 1. The first-order chi connectivity index (χ1) is 9.84. The highest BCUT2D eigenvalue weighted by atomic mass is 16.2. The molecule has 0 bridgehead atoms. The lowest BCUT2D eigenvalue weighted by Gasteiger charge is -2.17. The molecule has 7 nitrogen and oxygen atoms in total. The first-order valence-corrected chi connectivity index (χ1v) is 6.06. The van der Waals surface area contributed by atoms with Gasteiger partial charge < -0.3 is 4.57 Å². The minimum atomic E-state index is -0.482. The van der Waals surface area contributed by atoms with Gasteiger partial charge in [-0.05, 0) is 22.9 Å². The third-order valence-electron chi connectivity index (χ3n) is 2.87. The fourth-order valence-electron chi connectivity index (χ4n) is 2.01.